The number of primary amides is 1. The molecule has 1 aliphatic heterocycles. The van der Waals surface area contributed by atoms with Crippen molar-refractivity contribution in [3.05, 3.63) is 33.8 Å². The van der Waals surface area contributed by atoms with E-state index in [1.807, 2.05) is 19.1 Å². The highest BCUT2D eigenvalue weighted by Crippen LogP contribution is 2.28. The monoisotopic (exact) mass is 354 g/mol. The zero-order chi connectivity index (χ0) is 15.6. The number of aryl methyl sites for hydroxylation is 1. The van der Waals surface area contributed by atoms with E-state index in [0.717, 1.165) is 10.0 Å². The number of benzene rings is 1. The number of β-amino-alcohol motifs (C(OH)–C–C–N with tert-alkyl or cyclic N) is 1. The molecule has 0 bridgehead atoms. The molecule has 1 atom stereocenters. The number of hydrogen-bond acceptors (Lipinski definition) is 3. The lowest BCUT2D eigenvalue weighted by molar-refractivity contribution is -0.125. The topological polar surface area (TPSA) is 83.6 Å². The van der Waals surface area contributed by atoms with Gasteiger partial charge in [-0.2, -0.15) is 0 Å². The maximum Gasteiger partial charge on any atom is 0.255 e. The van der Waals surface area contributed by atoms with Gasteiger partial charge >= 0.3 is 0 Å². The average molecular weight is 355 g/mol. The molecular formula is C15H19BrN2O3. The summed E-state index contributed by atoms with van der Waals surface area (Å²) < 4.78 is 0.763. The van der Waals surface area contributed by atoms with Gasteiger partial charge in [0.05, 0.1) is 24.1 Å². The molecule has 1 unspecified atom stereocenters. The van der Waals surface area contributed by atoms with Gasteiger partial charge in [0.25, 0.3) is 5.91 Å². The normalized spacial score (nSPS) is 22.1. The number of nitrogens with zero attached hydrogens (tertiary/aromatic N) is 1. The van der Waals surface area contributed by atoms with Crippen LogP contribution in [0.5, 0.6) is 0 Å². The molecule has 3 N–H and O–H groups in total. The maximum absolute atomic E-state index is 12.6. The fraction of sp³-hybridized carbons (Fsp3) is 0.467. The van der Waals surface area contributed by atoms with Crippen molar-refractivity contribution in [1.29, 1.82) is 0 Å². The first kappa shape index (κ1) is 16.0. The summed E-state index contributed by atoms with van der Waals surface area (Å²) >= 11 is 3.43. The van der Waals surface area contributed by atoms with Gasteiger partial charge in [0.1, 0.15) is 0 Å². The molecule has 2 rings (SSSR count). The third-order valence-electron chi connectivity index (χ3n) is 3.77. The van der Waals surface area contributed by atoms with Crippen molar-refractivity contribution in [2.75, 3.05) is 13.1 Å². The molecule has 21 heavy (non-hydrogen) atoms. The second-order valence-electron chi connectivity index (χ2n) is 5.63. The summed E-state index contributed by atoms with van der Waals surface area (Å²) in [6.07, 6.45) is 1.01. The summed E-state index contributed by atoms with van der Waals surface area (Å²) in [5.41, 5.74) is 5.51. The van der Waals surface area contributed by atoms with E-state index in [1.54, 1.807) is 11.0 Å². The highest BCUT2D eigenvalue weighted by atomic mass is 79.9. The number of likely N-dealkylation sites (tertiary alicyclic amines) is 1. The van der Waals surface area contributed by atoms with Gasteiger partial charge in [0.2, 0.25) is 5.91 Å². The molecule has 1 fully saturated rings. The highest BCUT2D eigenvalue weighted by molar-refractivity contribution is 9.10. The van der Waals surface area contributed by atoms with Crippen LogP contribution in [0.1, 0.15) is 35.2 Å². The Morgan fingerprint density at radius 2 is 2.19 bits per heavy atom. The summed E-state index contributed by atoms with van der Waals surface area (Å²) in [4.78, 5) is 25.3. The van der Waals surface area contributed by atoms with Gasteiger partial charge in [0, 0.05) is 11.0 Å². The van der Waals surface area contributed by atoms with Gasteiger partial charge in [0.15, 0.2) is 0 Å². The van der Waals surface area contributed by atoms with Crippen molar-refractivity contribution in [2.45, 2.75) is 31.8 Å². The molecular weight excluding hydrogens is 336 g/mol. The minimum Gasteiger partial charge on any atom is -0.388 e. The largest absolute Gasteiger partial charge is 0.388 e. The van der Waals surface area contributed by atoms with E-state index in [2.05, 4.69) is 15.9 Å². The Kier molecular flexibility index (Phi) is 4.68. The van der Waals surface area contributed by atoms with Gasteiger partial charge in [-0.25, -0.2) is 0 Å². The van der Waals surface area contributed by atoms with Gasteiger partial charge in [-0.05, 0) is 47.3 Å². The first-order valence-electron chi connectivity index (χ1n) is 6.87. The lowest BCUT2D eigenvalue weighted by Crippen LogP contribution is -2.51. The molecule has 114 valence electrons. The Hall–Kier alpha value is -1.40. The number of halogens is 1. The van der Waals surface area contributed by atoms with Crippen molar-refractivity contribution in [2.24, 2.45) is 5.73 Å². The average Bonchev–Trinajstić information content (AvgIpc) is 2.39. The van der Waals surface area contributed by atoms with Crippen LogP contribution in [-0.4, -0.2) is 40.5 Å². The molecule has 0 radical (unpaired) electrons. The second-order valence-corrected chi connectivity index (χ2v) is 6.43. The van der Waals surface area contributed by atoms with Gasteiger partial charge in [-0.3, -0.25) is 9.59 Å². The minimum absolute atomic E-state index is 0.119. The molecule has 1 aromatic rings. The Morgan fingerprint density at radius 1 is 1.48 bits per heavy atom. The van der Waals surface area contributed by atoms with Crippen LogP contribution in [0.3, 0.4) is 0 Å². The molecule has 2 amide bonds. The molecule has 1 aromatic carbocycles. The summed E-state index contributed by atoms with van der Waals surface area (Å²) in [6, 6.07) is 5.49. The lowest BCUT2D eigenvalue weighted by Gasteiger charge is -2.38. The Balaban J connectivity index is 2.19. The van der Waals surface area contributed by atoms with Crippen molar-refractivity contribution < 1.29 is 14.7 Å². The van der Waals surface area contributed by atoms with Crippen LogP contribution in [0.4, 0.5) is 0 Å². The summed E-state index contributed by atoms with van der Waals surface area (Å²) in [5.74, 6) is -0.697. The van der Waals surface area contributed by atoms with E-state index < -0.39 is 11.5 Å². The number of nitrogens with two attached hydrogens (primary N) is 1. The zero-order valence-corrected chi connectivity index (χ0v) is 13.5. The summed E-state index contributed by atoms with van der Waals surface area (Å²) in [7, 11) is 0. The van der Waals surface area contributed by atoms with E-state index in [4.69, 9.17) is 5.73 Å². The standard InChI is InChI=1S/C15H19BrN2O3/c1-10-4-2-5-11(13(10)16)14(20)18-7-3-6-15(21,9-18)8-12(17)19/h2,4-5,21H,3,6-9H2,1H3,(H2,17,19). The van der Waals surface area contributed by atoms with Gasteiger partial charge in [-0.1, -0.05) is 12.1 Å². The SMILES string of the molecule is Cc1cccc(C(=O)N2CCCC(O)(CC(N)=O)C2)c1Br. The molecule has 1 saturated heterocycles. The Labute approximate surface area is 132 Å². The van der Waals surface area contributed by atoms with E-state index in [0.29, 0.717) is 24.9 Å². The van der Waals surface area contributed by atoms with Crippen LogP contribution in [0.2, 0.25) is 0 Å². The number of carbonyl (C=O) groups is 2. The van der Waals surface area contributed by atoms with Crippen molar-refractivity contribution in [1.82, 2.24) is 4.90 Å². The zero-order valence-electron chi connectivity index (χ0n) is 11.9. The van der Waals surface area contributed by atoms with E-state index in [-0.39, 0.29) is 18.9 Å². The lowest BCUT2D eigenvalue weighted by atomic mass is 9.89. The summed E-state index contributed by atoms with van der Waals surface area (Å²) in [6.45, 7) is 2.62. The van der Waals surface area contributed by atoms with Crippen LogP contribution >= 0.6 is 15.9 Å². The fourth-order valence-electron chi connectivity index (χ4n) is 2.74. The van der Waals surface area contributed by atoms with Crippen LogP contribution in [0.15, 0.2) is 22.7 Å². The van der Waals surface area contributed by atoms with Gasteiger partial charge < -0.3 is 15.7 Å². The molecule has 0 spiro atoms. The first-order valence-corrected chi connectivity index (χ1v) is 7.67. The van der Waals surface area contributed by atoms with Crippen molar-refractivity contribution in [3.8, 4) is 0 Å². The number of aliphatic hydroxyl groups is 1. The predicted molar refractivity (Wildman–Crippen MR) is 82.8 cm³/mol. The van der Waals surface area contributed by atoms with Crippen LogP contribution in [0.25, 0.3) is 0 Å². The number of carbonyl (C=O) groups excluding carboxylic acids is 2. The van der Waals surface area contributed by atoms with E-state index in [1.165, 1.54) is 0 Å². The second kappa shape index (κ2) is 6.15. The molecule has 6 heteroatoms. The fourth-order valence-corrected chi connectivity index (χ4v) is 3.17. The van der Waals surface area contributed by atoms with E-state index >= 15 is 0 Å². The third-order valence-corrected chi connectivity index (χ3v) is 4.82. The number of piperidine rings is 1. The quantitative estimate of drug-likeness (QED) is 0.864. The van der Waals surface area contributed by atoms with Gasteiger partial charge in [-0.15, -0.1) is 0 Å². The maximum atomic E-state index is 12.6. The number of amides is 2. The van der Waals surface area contributed by atoms with Crippen molar-refractivity contribution >= 4 is 27.7 Å². The first-order chi connectivity index (χ1) is 9.82. The molecule has 5 nitrogen and oxygen atoms in total. The number of rotatable bonds is 3. The van der Waals surface area contributed by atoms with Crippen molar-refractivity contribution in [3.63, 3.8) is 0 Å². The Morgan fingerprint density at radius 3 is 2.86 bits per heavy atom. The van der Waals surface area contributed by atoms with Crippen LogP contribution < -0.4 is 5.73 Å². The summed E-state index contributed by atoms with van der Waals surface area (Å²) in [5, 5.41) is 10.4. The third kappa shape index (κ3) is 3.63. The van der Waals surface area contributed by atoms with E-state index in [9.17, 15) is 14.7 Å². The molecule has 1 aliphatic rings. The smallest absolute Gasteiger partial charge is 0.255 e. The predicted octanol–water partition coefficient (Wildman–Crippen LogP) is 1.60. The molecule has 1 heterocycles. The Bertz CT molecular complexity index is 576. The van der Waals surface area contributed by atoms with Crippen LogP contribution in [-0.2, 0) is 4.79 Å². The molecule has 0 aromatic heterocycles. The van der Waals surface area contributed by atoms with Crippen LogP contribution in [0, 0.1) is 6.92 Å². The number of hydrogen-bond donors (Lipinski definition) is 2. The molecule has 0 aliphatic carbocycles. The highest BCUT2D eigenvalue weighted by Gasteiger charge is 2.37. The minimum atomic E-state index is -1.21. The molecule has 0 saturated carbocycles.